The SMILES string of the molecule is CC(C)C1CC[C@@H](C)/C(=C/O)C1=O. The van der Waals surface area contributed by atoms with Gasteiger partial charge in [0.15, 0.2) is 5.78 Å². The van der Waals surface area contributed by atoms with Gasteiger partial charge < -0.3 is 5.11 Å². The van der Waals surface area contributed by atoms with Crippen LogP contribution in [0.25, 0.3) is 0 Å². The van der Waals surface area contributed by atoms with Gasteiger partial charge in [-0.3, -0.25) is 4.79 Å². The van der Waals surface area contributed by atoms with Crippen molar-refractivity contribution in [1.29, 1.82) is 0 Å². The smallest absolute Gasteiger partial charge is 0.165 e. The first-order valence-electron chi connectivity index (χ1n) is 4.96. The maximum absolute atomic E-state index is 11.8. The summed E-state index contributed by atoms with van der Waals surface area (Å²) in [5, 5.41) is 8.95. The Hall–Kier alpha value is -0.790. The van der Waals surface area contributed by atoms with Crippen molar-refractivity contribution in [3.05, 3.63) is 11.8 Å². The monoisotopic (exact) mass is 182 g/mol. The molecule has 1 aliphatic carbocycles. The van der Waals surface area contributed by atoms with Crippen LogP contribution in [-0.4, -0.2) is 10.9 Å². The molecule has 0 aromatic carbocycles. The molecule has 0 aromatic heterocycles. The van der Waals surface area contributed by atoms with E-state index in [0.717, 1.165) is 19.1 Å². The fourth-order valence-electron chi connectivity index (χ4n) is 2.00. The minimum Gasteiger partial charge on any atom is -0.515 e. The fourth-order valence-corrected chi connectivity index (χ4v) is 2.00. The molecule has 1 saturated carbocycles. The molecule has 13 heavy (non-hydrogen) atoms. The van der Waals surface area contributed by atoms with Crippen molar-refractivity contribution >= 4 is 5.78 Å². The molecule has 0 heterocycles. The third kappa shape index (κ3) is 1.93. The third-order valence-corrected chi connectivity index (χ3v) is 3.01. The van der Waals surface area contributed by atoms with E-state index in [4.69, 9.17) is 5.11 Å². The lowest BCUT2D eigenvalue weighted by Crippen LogP contribution is -2.30. The maximum atomic E-state index is 11.8. The van der Waals surface area contributed by atoms with Gasteiger partial charge in [-0.15, -0.1) is 0 Å². The van der Waals surface area contributed by atoms with Crippen molar-refractivity contribution in [3.63, 3.8) is 0 Å². The molecule has 1 aliphatic rings. The Morgan fingerprint density at radius 1 is 1.46 bits per heavy atom. The van der Waals surface area contributed by atoms with E-state index in [1.54, 1.807) is 0 Å². The molecule has 1 N–H and O–H groups in total. The van der Waals surface area contributed by atoms with Gasteiger partial charge in [0.25, 0.3) is 0 Å². The number of aliphatic hydroxyl groups excluding tert-OH is 1. The van der Waals surface area contributed by atoms with E-state index in [1.165, 1.54) is 0 Å². The van der Waals surface area contributed by atoms with Gasteiger partial charge in [-0.1, -0.05) is 20.8 Å². The number of carbonyl (C=O) groups is 1. The molecule has 2 heteroatoms. The first-order chi connectivity index (χ1) is 6.07. The minimum atomic E-state index is 0.120. The van der Waals surface area contributed by atoms with Gasteiger partial charge in [0.05, 0.1) is 6.26 Å². The highest BCUT2D eigenvalue weighted by molar-refractivity contribution is 5.98. The van der Waals surface area contributed by atoms with Gasteiger partial charge in [0.2, 0.25) is 0 Å². The van der Waals surface area contributed by atoms with Gasteiger partial charge in [-0.05, 0) is 24.7 Å². The summed E-state index contributed by atoms with van der Waals surface area (Å²) in [5.41, 5.74) is 0.616. The molecule has 0 aliphatic heterocycles. The van der Waals surface area contributed by atoms with E-state index in [-0.39, 0.29) is 17.6 Å². The van der Waals surface area contributed by atoms with Crippen LogP contribution in [0.4, 0.5) is 0 Å². The summed E-state index contributed by atoms with van der Waals surface area (Å²) in [4.78, 5) is 11.8. The van der Waals surface area contributed by atoms with Crippen molar-refractivity contribution in [2.75, 3.05) is 0 Å². The summed E-state index contributed by atoms with van der Waals surface area (Å²) >= 11 is 0. The molecule has 1 fully saturated rings. The molecule has 0 saturated heterocycles. The Kier molecular flexibility index (Phi) is 3.12. The van der Waals surface area contributed by atoms with Gasteiger partial charge in [0.1, 0.15) is 0 Å². The summed E-state index contributed by atoms with van der Waals surface area (Å²) < 4.78 is 0. The average Bonchev–Trinajstić information content (AvgIpc) is 2.04. The Bertz CT molecular complexity index is 228. The molecule has 2 nitrogen and oxygen atoms in total. The van der Waals surface area contributed by atoms with E-state index < -0.39 is 0 Å². The maximum Gasteiger partial charge on any atom is 0.165 e. The largest absolute Gasteiger partial charge is 0.515 e. The Labute approximate surface area is 79.6 Å². The summed E-state index contributed by atoms with van der Waals surface area (Å²) in [7, 11) is 0. The first-order valence-corrected chi connectivity index (χ1v) is 4.96. The van der Waals surface area contributed by atoms with E-state index in [0.29, 0.717) is 11.5 Å². The van der Waals surface area contributed by atoms with Crippen LogP contribution in [0, 0.1) is 17.8 Å². The van der Waals surface area contributed by atoms with Gasteiger partial charge in [0, 0.05) is 11.5 Å². The van der Waals surface area contributed by atoms with Gasteiger partial charge >= 0.3 is 0 Å². The second-order valence-electron chi connectivity index (χ2n) is 4.28. The van der Waals surface area contributed by atoms with Crippen molar-refractivity contribution in [1.82, 2.24) is 0 Å². The highest BCUT2D eigenvalue weighted by atomic mass is 16.2. The highest BCUT2D eigenvalue weighted by Crippen LogP contribution is 2.33. The molecular formula is C11H18O2. The van der Waals surface area contributed by atoms with Crippen LogP contribution in [-0.2, 0) is 4.79 Å². The molecule has 0 amide bonds. The number of Topliss-reactive ketones (excluding diaryl/α,β-unsaturated/α-hetero) is 1. The topological polar surface area (TPSA) is 37.3 Å². The van der Waals surface area contributed by atoms with Crippen LogP contribution in [0.3, 0.4) is 0 Å². The van der Waals surface area contributed by atoms with E-state index in [1.807, 2.05) is 6.92 Å². The Morgan fingerprint density at radius 2 is 2.08 bits per heavy atom. The molecule has 0 bridgehead atoms. The Morgan fingerprint density at radius 3 is 2.54 bits per heavy atom. The number of rotatable bonds is 1. The van der Waals surface area contributed by atoms with Crippen LogP contribution in [0.5, 0.6) is 0 Å². The van der Waals surface area contributed by atoms with Crippen LogP contribution < -0.4 is 0 Å². The molecule has 1 rings (SSSR count). The van der Waals surface area contributed by atoms with E-state index in [2.05, 4.69) is 13.8 Å². The standard InChI is InChI=1S/C11H18O2/c1-7(2)9-5-4-8(3)10(6-12)11(9)13/h6-9,12H,4-5H2,1-3H3/b10-6-/t8-,9?/m1/s1. The molecular weight excluding hydrogens is 164 g/mol. The molecule has 74 valence electrons. The molecule has 0 spiro atoms. The number of hydrogen-bond acceptors (Lipinski definition) is 2. The first kappa shape index (κ1) is 10.3. The zero-order valence-electron chi connectivity index (χ0n) is 8.58. The van der Waals surface area contributed by atoms with Crippen LogP contribution in [0.1, 0.15) is 33.6 Å². The summed E-state index contributed by atoms with van der Waals surface area (Å²) in [6.45, 7) is 6.12. The summed E-state index contributed by atoms with van der Waals surface area (Å²) in [5.74, 6) is 0.883. The lowest BCUT2D eigenvalue weighted by Gasteiger charge is -2.29. The normalized spacial score (nSPS) is 32.9. The van der Waals surface area contributed by atoms with E-state index in [9.17, 15) is 4.79 Å². The highest BCUT2D eigenvalue weighted by Gasteiger charge is 2.32. The number of aliphatic hydroxyl groups is 1. The third-order valence-electron chi connectivity index (χ3n) is 3.01. The van der Waals surface area contributed by atoms with Crippen molar-refractivity contribution < 1.29 is 9.90 Å². The van der Waals surface area contributed by atoms with Gasteiger partial charge in [-0.2, -0.15) is 0 Å². The molecule has 1 unspecified atom stereocenters. The molecule has 0 radical (unpaired) electrons. The lowest BCUT2D eigenvalue weighted by molar-refractivity contribution is -0.122. The van der Waals surface area contributed by atoms with Gasteiger partial charge in [-0.25, -0.2) is 0 Å². The zero-order valence-corrected chi connectivity index (χ0v) is 8.58. The second kappa shape index (κ2) is 3.95. The number of ketones is 1. The van der Waals surface area contributed by atoms with Crippen LogP contribution >= 0.6 is 0 Å². The molecule has 2 atom stereocenters. The predicted molar refractivity (Wildman–Crippen MR) is 52.4 cm³/mol. The second-order valence-corrected chi connectivity index (χ2v) is 4.28. The predicted octanol–water partition coefficient (Wildman–Crippen LogP) is 2.70. The number of allylic oxidation sites excluding steroid dienone is 1. The summed E-state index contributed by atoms with van der Waals surface area (Å²) in [6, 6.07) is 0. The quantitative estimate of drug-likeness (QED) is 0.500. The van der Waals surface area contributed by atoms with Crippen molar-refractivity contribution in [3.8, 4) is 0 Å². The Balaban J connectivity index is 2.82. The number of hydrogen-bond donors (Lipinski definition) is 1. The van der Waals surface area contributed by atoms with Crippen molar-refractivity contribution in [2.45, 2.75) is 33.6 Å². The van der Waals surface area contributed by atoms with E-state index >= 15 is 0 Å². The number of carbonyl (C=O) groups excluding carboxylic acids is 1. The zero-order chi connectivity index (χ0) is 10.0. The van der Waals surface area contributed by atoms with Crippen molar-refractivity contribution in [2.24, 2.45) is 17.8 Å². The average molecular weight is 182 g/mol. The minimum absolute atomic E-state index is 0.120. The fraction of sp³-hybridized carbons (Fsp3) is 0.727. The lowest BCUT2D eigenvalue weighted by atomic mass is 9.74. The van der Waals surface area contributed by atoms with Crippen LogP contribution in [0.15, 0.2) is 11.8 Å². The molecule has 0 aromatic rings. The van der Waals surface area contributed by atoms with Crippen LogP contribution in [0.2, 0.25) is 0 Å². The summed E-state index contributed by atoms with van der Waals surface area (Å²) in [6.07, 6.45) is 2.98.